The fourth-order valence-corrected chi connectivity index (χ4v) is 4.83. The van der Waals surface area contributed by atoms with Crippen molar-refractivity contribution in [2.24, 2.45) is 0 Å². The maximum absolute atomic E-state index is 12.1. The summed E-state index contributed by atoms with van der Waals surface area (Å²) in [6, 6.07) is 18.4. The van der Waals surface area contributed by atoms with Gasteiger partial charge >= 0.3 is 0 Å². The fraction of sp³-hybridized carbons (Fsp3) is 0.375. The van der Waals surface area contributed by atoms with Crippen LogP contribution in [0.1, 0.15) is 24.3 Å². The quantitative estimate of drug-likeness (QED) is 0.515. The molecule has 0 unspecified atom stereocenters. The smallest absolute Gasteiger partial charge is 0.239 e. The molecule has 0 spiro atoms. The number of rotatable bonds is 8. The van der Waals surface area contributed by atoms with Gasteiger partial charge in [-0.1, -0.05) is 30.3 Å². The topological polar surface area (TPSA) is 77.6 Å². The molecular weight excluding hydrogens is 422 g/mol. The van der Waals surface area contributed by atoms with Crippen molar-refractivity contribution in [1.82, 2.24) is 20.7 Å². The summed E-state index contributed by atoms with van der Waals surface area (Å²) >= 11 is 1.67. The molecule has 2 N–H and O–H groups in total. The summed E-state index contributed by atoms with van der Waals surface area (Å²) in [5, 5.41) is 1.04. The van der Waals surface area contributed by atoms with Gasteiger partial charge in [0, 0.05) is 51.3 Å². The number of hydrogen-bond donors (Lipinski definition) is 2. The van der Waals surface area contributed by atoms with Gasteiger partial charge in [-0.3, -0.25) is 25.3 Å². The zero-order valence-electron chi connectivity index (χ0n) is 18.1. The number of carbonyl (C=O) groups excluding carboxylic acids is 2. The van der Waals surface area contributed by atoms with Crippen LogP contribution in [-0.4, -0.2) is 54.4 Å². The second-order valence-corrected chi connectivity index (χ2v) is 9.05. The molecule has 3 aromatic rings. The van der Waals surface area contributed by atoms with Crippen LogP contribution in [-0.2, 0) is 16.0 Å². The Morgan fingerprint density at radius 3 is 2.31 bits per heavy atom. The average Bonchev–Trinajstić information content (AvgIpc) is 3.25. The molecule has 0 atom stereocenters. The van der Waals surface area contributed by atoms with E-state index in [4.69, 9.17) is 0 Å². The SMILES string of the molecule is O=C(CCCc1nc2ccccc2s1)NNC(=O)CCN1CCN(c2ccccc2)CC1. The van der Waals surface area contributed by atoms with E-state index in [9.17, 15) is 9.59 Å². The van der Waals surface area contributed by atoms with E-state index in [0.717, 1.165) is 43.1 Å². The first-order valence-electron chi connectivity index (χ1n) is 11.1. The standard InChI is InChI=1S/C24H29N5O2S/c30-22(11-6-12-24-25-20-9-4-5-10-21(20)32-24)26-27-23(31)13-14-28-15-17-29(18-16-28)19-7-2-1-3-8-19/h1-5,7-10H,6,11-18H2,(H,26,30)(H,27,31). The monoisotopic (exact) mass is 451 g/mol. The highest BCUT2D eigenvalue weighted by atomic mass is 32.1. The third-order valence-corrected chi connectivity index (χ3v) is 6.72. The van der Waals surface area contributed by atoms with Gasteiger partial charge in [0.15, 0.2) is 0 Å². The molecule has 0 bridgehead atoms. The molecule has 2 amide bonds. The van der Waals surface area contributed by atoms with Gasteiger partial charge in [-0.15, -0.1) is 11.3 Å². The molecule has 168 valence electrons. The lowest BCUT2D eigenvalue weighted by Gasteiger charge is -2.36. The fourth-order valence-electron chi connectivity index (χ4n) is 3.82. The first-order chi connectivity index (χ1) is 15.7. The number of aryl methyl sites for hydroxylation is 1. The van der Waals surface area contributed by atoms with E-state index in [2.05, 4.69) is 56.0 Å². The lowest BCUT2D eigenvalue weighted by Crippen LogP contribution is -2.48. The Kier molecular flexibility index (Phi) is 7.68. The summed E-state index contributed by atoms with van der Waals surface area (Å²) in [7, 11) is 0. The number of thiazole rings is 1. The predicted octanol–water partition coefficient (Wildman–Crippen LogP) is 2.98. The van der Waals surface area contributed by atoms with Gasteiger partial charge in [0.1, 0.15) is 0 Å². The first-order valence-corrected chi connectivity index (χ1v) is 11.9. The number of carbonyl (C=O) groups is 2. The number of anilines is 1. The van der Waals surface area contributed by atoms with E-state index in [1.807, 2.05) is 24.3 Å². The van der Waals surface area contributed by atoms with Crippen molar-refractivity contribution in [3.63, 3.8) is 0 Å². The number of amides is 2. The van der Waals surface area contributed by atoms with Crippen molar-refractivity contribution in [1.29, 1.82) is 0 Å². The maximum atomic E-state index is 12.1. The lowest BCUT2D eigenvalue weighted by molar-refractivity contribution is -0.129. The lowest BCUT2D eigenvalue weighted by atomic mass is 10.2. The Labute approximate surface area is 192 Å². The minimum Gasteiger partial charge on any atom is -0.369 e. The number of nitrogens with one attached hydrogen (secondary N) is 2. The van der Waals surface area contributed by atoms with Crippen molar-refractivity contribution in [3.8, 4) is 0 Å². The predicted molar refractivity (Wildman–Crippen MR) is 129 cm³/mol. The summed E-state index contributed by atoms with van der Waals surface area (Å²) < 4.78 is 1.17. The molecule has 0 aliphatic carbocycles. The van der Waals surface area contributed by atoms with Crippen LogP contribution in [0.15, 0.2) is 54.6 Å². The van der Waals surface area contributed by atoms with Crippen LogP contribution in [0.4, 0.5) is 5.69 Å². The van der Waals surface area contributed by atoms with E-state index >= 15 is 0 Å². The van der Waals surface area contributed by atoms with Crippen molar-refractivity contribution in [2.45, 2.75) is 25.7 Å². The Bertz CT molecular complexity index is 998. The zero-order valence-corrected chi connectivity index (χ0v) is 18.9. The van der Waals surface area contributed by atoms with Crippen LogP contribution >= 0.6 is 11.3 Å². The normalized spacial score (nSPS) is 14.4. The van der Waals surface area contributed by atoms with Gasteiger partial charge in [-0.2, -0.15) is 0 Å². The number of hydrogen-bond acceptors (Lipinski definition) is 6. The van der Waals surface area contributed by atoms with Crippen LogP contribution in [0.2, 0.25) is 0 Å². The highest BCUT2D eigenvalue weighted by Gasteiger charge is 2.17. The van der Waals surface area contributed by atoms with E-state index in [1.165, 1.54) is 10.4 Å². The average molecular weight is 452 g/mol. The Morgan fingerprint density at radius 1 is 0.875 bits per heavy atom. The second kappa shape index (κ2) is 11.1. The van der Waals surface area contributed by atoms with E-state index < -0.39 is 0 Å². The molecule has 1 fully saturated rings. The molecule has 1 aliphatic heterocycles. The number of fused-ring (bicyclic) bond motifs is 1. The number of hydrazine groups is 1. The molecular formula is C24H29N5O2S. The molecule has 2 aromatic carbocycles. The van der Waals surface area contributed by atoms with Gasteiger partial charge in [0.25, 0.3) is 0 Å². The van der Waals surface area contributed by atoms with E-state index in [-0.39, 0.29) is 11.8 Å². The molecule has 1 aliphatic rings. The van der Waals surface area contributed by atoms with Gasteiger partial charge in [-0.05, 0) is 37.1 Å². The van der Waals surface area contributed by atoms with Crippen LogP contribution in [0.5, 0.6) is 0 Å². The minimum absolute atomic E-state index is 0.157. The van der Waals surface area contributed by atoms with E-state index in [0.29, 0.717) is 25.8 Å². The summed E-state index contributed by atoms with van der Waals surface area (Å²) in [6.07, 6.45) is 2.19. The molecule has 8 heteroatoms. The maximum Gasteiger partial charge on any atom is 0.239 e. The van der Waals surface area contributed by atoms with Crippen LogP contribution < -0.4 is 15.8 Å². The second-order valence-electron chi connectivity index (χ2n) is 7.94. The number of para-hydroxylation sites is 2. The summed E-state index contributed by atoms with van der Waals surface area (Å²) in [5.74, 6) is -0.328. The molecule has 32 heavy (non-hydrogen) atoms. The number of aromatic nitrogens is 1. The van der Waals surface area contributed by atoms with E-state index in [1.54, 1.807) is 11.3 Å². The van der Waals surface area contributed by atoms with Gasteiger partial charge in [0.05, 0.1) is 15.2 Å². The minimum atomic E-state index is -0.170. The first kappa shape index (κ1) is 22.2. The molecule has 1 saturated heterocycles. The molecule has 1 aromatic heterocycles. The van der Waals surface area contributed by atoms with Gasteiger partial charge in [-0.25, -0.2) is 4.98 Å². The molecule has 0 radical (unpaired) electrons. The molecule has 7 nitrogen and oxygen atoms in total. The highest BCUT2D eigenvalue weighted by molar-refractivity contribution is 7.18. The molecule has 2 heterocycles. The summed E-state index contributed by atoms with van der Waals surface area (Å²) in [4.78, 5) is 33.4. The van der Waals surface area contributed by atoms with Crippen LogP contribution in [0.3, 0.4) is 0 Å². The number of benzene rings is 2. The number of piperazine rings is 1. The zero-order chi connectivity index (χ0) is 22.2. The van der Waals surface area contributed by atoms with Crippen LogP contribution in [0.25, 0.3) is 10.2 Å². The van der Waals surface area contributed by atoms with Crippen molar-refractivity contribution >= 4 is 39.1 Å². The summed E-state index contributed by atoms with van der Waals surface area (Å²) in [6.45, 7) is 4.47. The van der Waals surface area contributed by atoms with Crippen LogP contribution in [0, 0.1) is 0 Å². The number of nitrogens with zero attached hydrogens (tertiary/aromatic N) is 3. The molecule has 4 rings (SSSR count). The Hall–Kier alpha value is -2.97. The third kappa shape index (κ3) is 6.27. The largest absolute Gasteiger partial charge is 0.369 e. The summed E-state index contributed by atoms with van der Waals surface area (Å²) in [5.41, 5.74) is 7.32. The molecule has 0 saturated carbocycles. The van der Waals surface area contributed by atoms with Crippen molar-refractivity contribution in [3.05, 3.63) is 59.6 Å². The van der Waals surface area contributed by atoms with Crippen molar-refractivity contribution < 1.29 is 9.59 Å². The Balaban J connectivity index is 1.08. The Morgan fingerprint density at radius 2 is 1.56 bits per heavy atom. The van der Waals surface area contributed by atoms with Crippen molar-refractivity contribution in [2.75, 3.05) is 37.6 Å². The third-order valence-electron chi connectivity index (χ3n) is 5.62. The highest BCUT2D eigenvalue weighted by Crippen LogP contribution is 2.22. The van der Waals surface area contributed by atoms with Gasteiger partial charge < -0.3 is 4.90 Å². The van der Waals surface area contributed by atoms with Gasteiger partial charge in [0.2, 0.25) is 11.8 Å².